The minimum atomic E-state index is -0.262. The van der Waals surface area contributed by atoms with Gasteiger partial charge in [-0.05, 0) is 21.5 Å². The molecule has 2 rings (SSSR count). The number of hydrogen-bond acceptors (Lipinski definition) is 3. The quantitative estimate of drug-likeness (QED) is 0.879. The highest BCUT2D eigenvalue weighted by molar-refractivity contribution is 9.10. The van der Waals surface area contributed by atoms with Gasteiger partial charge in [0.2, 0.25) is 0 Å². The first kappa shape index (κ1) is 12.5. The fourth-order valence-corrected chi connectivity index (χ4v) is 3.20. The van der Waals surface area contributed by atoms with Crippen molar-refractivity contribution in [3.8, 4) is 0 Å². The number of rotatable bonds is 4. The Morgan fingerprint density at radius 1 is 1.29 bits per heavy atom. The Morgan fingerprint density at radius 2 is 2.00 bits per heavy atom. The van der Waals surface area contributed by atoms with Crippen LogP contribution >= 0.6 is 27.3 Å². The third-order valence-corrected chi connectivity index (χ3v) is 4.34. The number of hydrogen-bond donors (Lipinski definition) is 1. The van der Waals surface area contributed by atoms with Crippen LogP contribution in [0.4, 0.5) is 0 Å². The van der Waals surface area contributed by atoms with Gasteiger partial charge < -0.3 is 5.73 Å². The van der Waals surface area contributed by atoms with Gasteiger partial charge in [-0.2, -0.15) is 11.3 Å². The Hall–Kier alpha value is -0.970. The van der Waals surface area contributed by atoms with Gasteiger partial charge in [-0.25, -0.2) is 0 Å². The van der Waals surface area contributed by atoms with E-state index < -0.39 is 0 Å². The van der Waals surface area contributed by atoms with E-state index in [9.17, 15) is 4.79 Å². The van der Waals surface area contributed by atoms with Crippen molar-refractivity contribution in [1.29, 1.82) is 0 Å². The minimum Gasteiger partial charge on any atom is -0.329 e. The average molecular weight is 310 g/mol. The molecule has 1 atom stereocenters. The highest BCUT2D eigenvalue weighted by Gasteiger charge is 2.22. The lowest BCUT2D eigenvalue weighted by Gasteiger charge is -2.13. The number of Topliss-reactive ketones (excluding diaryl/α,β-unsaturated/α-hetero) is 1. The molecule has 88 valence electrons. The lowest BCUT2D eigenvalue weighted by atomic mass is 9.92. The molecule has 1 aromatic carbocycles. The standard InChI is InChI=1S/C13H12BrNOS/c14-12-8-17-7-11(12)13(16)10(6-15)9-4-2-1-3-5-9/h1-5,7-8,10H,6,15H2. The van der Waals surface area contributed by atoms with Gasteiger partial charge >= 0.3 is 0 Å². The molecule has 0 fully saturated rings. The van der Waals surface area contributed by atoms with Crippen LogP contribution in [0.15, 0.2) is 45.6 Å². The van der Waals surface area contributed by atoms with Crippen molar-refractivity contribution in [1.82, 2.24) is 0 Å². The molecule has 0 saturated carbocycles. The van der Waals surface area contributed by atoms with Crippen molar-refractivity contribution in [2.45, 2.75) is 5.92 Å². The summed E-state index contributed by atoms with van der Waals surface area (Å²) in [5.41, 5.74) is 7.42. The molecule has 0 bridgehead atoms. The van der Waals surface area contributed by atoms with Gasteiger partial charge in [-0.1, -0.05) is 30.3 Å². The molecule has 0 saturated heterocycles. The van der Waals surface area contributed by atoms with Gasteiger partial charge in [-0.3, -0.25) is 4.79 Å². The fourth-order valence-electron chi connectivity index (χ4n) is 1.72. The van der Waals surface area contributed by atoms with E-state index in [1.807, 2.05) is 41.1 Å². The topological polar surface area (TPSA) is 43.1 Å². The summed E-state index contributed by atoms with van der Waals surface area (Å²) in [5, 5.41) is 3.77. The zero-order valence-corrected chi connectivity index (χ0v) is 11.5. The minimum absolute atomic E-state index is 0.0758. The molecule has 0 aliphatic heterocycles. The van der Waals surface area contributed by atoms with Crippen molar-refractivity contribution < 1.29 is 4.79 Å². The Bertz CT molecular complexity index is 509. The maximum absolute atomic E-state index is 12.4. The monoisotopic (exact) mass is 309 g/mol. The van der Waals surface area contributed by atoms with Crippen molar-refractivity contribution in [2.75, 3.05) is 6.54 Å². The summed E-state index contributed by atoms with van der Waals surface area (Å²) in [6, 6.07) is 9.66. The van der Waals surface area contributed by atoms with Crippen LogP contribution < -0.4 is 5.73 Å². The first-order valence-electron chi connectivity index (χ1n) is 5.25. The Kier molecular flexibility index (Phi) is 4.10. The van der Waals surface area contributed by atoms with E-state index in [2.05, 4.69) is 15.9 Å². The summed E-state index contributed by atoms with van der Waals surface area (Å²) in [5.74, 6) is -0.186. The molecule has 1 aromatic heterocycles. The van der Waals surface area contributed by atoms with Gasteiger partial charge in [0.15, 0.2) is 5.78 Å². The summed E-state index contributed by atoms with van der Waals surface area (Å²) in [4.78, 5) is 12.4. The number of benzene rings is 1. The average Bonchev–Trinajstić information content (AvgIpc) is 2.77. The molecule has 0 aliphatic carbocycles. The predicted octanol–water partition coefficient (Wildman–Crippen LogP) is 3.44. The number of thiophene rings is 1. The second-order valence-electron chi connectivity index (χ2n) is 3.70. The number of halogens is 1. The maximum atomic E-state index is 12.4. The first-order chi connectivity index (χ1) is 8.24. The smallest absolute Gasteiger partial charge is 0.173 e. The van der Waals surface area contributed by atoms with Gasteiger partial charge in [-0.15, -0.1) is 0 Å². The van der Waals surface area contributed by atoms with Gasteiger partial charge in [0.1, 0.15) is 0 Å². The fraction of sp³-hybridized carbons (Fsp3) is 0.154. The highest BCUT2D eigenvalue weighted by atomic mass is 79.9. The lowest BCUT2D eigenvalue weighted by Crippen LogP contribution is -2.21. The van der Waals surface area contributed by atoms with Crippen LogP contribution in [0.5, 0.6) is 0 Å². The molecule has 2 nitrogen and oxygen atoms in total. The van der Waals surface area contributed by atoms with Crippen molar-refractivity contribution in [3.05, 3.63) is 56.7 Å². The van der Waals surface area contributed by atoms with Crippen LogP contribution in [0.1, 0.15) is 21.8 Å². The molecule has 0 aliphatic rings. The van der Waals surface area contributed by atoms with Gasteiger partial charge in [0, 0.05) is 27.3 Å². The van der Waals surface area contributed by atoms with Gasteiger partial charge in [0.25, 0.3) is 0 Å². The van der Waals surface area contributed by atoms with Gasteiger partial charge in [0.05, 0.1) is 5.92 Å². The Labute approximate surface area is 113 Å². The number of carbonyl (C=O) groups excluding carboxylic acids is 1. The zero-order chi connectivity index (χ0) is 12.3. The molecule has 2 aromatic rings. The molecular formula is C13H12BrNOS. The van der Waals surface area contributed by atoms with Crippen LogP contribution in [0.3, 0.4) is 0 Å². The molecule has 1 unspecified atom stereocenters. The van der Waals surface area contributed by atoms with E-state index >= 15 is 0 Å². The third-order valence-electron chi connectivity index (χ3n) is 2.63. The van der Waals surface area contributed by atoms with E-state index in [0.29, 0.717) is 12.1 Å². The van der Waals surface area contributed by atoms with E-state index in [-0.39, 0.29) is 11.7 Å². The first-order valence-corrected chi connectivity index (χ1v) is 6.98. The van der Waals surface area contributed by atoms with Crippen molar-refractivity contribution >= 4 is 33.0 Å². The number of carbonyl (C=O) groups is 1. The zero-order valence-electron chi connectivity index (χ0n) is 9.10. The molecule has 0 radical (unpaired) electrons. The Morgan fingerprint density at radius 3 is 2.53 bits per heavy atom. The molecule has 0 amide bonds. The third kappa shape index (κ3) is 2.65. The second-order valence-corrected chi connectivity index (χ2v) is 5.29. The summed E-state index contributed by atoms with van der Waals surface area (Å²) in [6.45, 7) is 0.325. The molecule has 4 heteroatoms. The molecular weight excluding hydrogens is 298 g/mol. The molecule has 17 heavy (non-hydrogen) atoms. The molecule has 1 heterocycles. The molecule has 2 N–H and O–H groups in total. The van der Waals surface area contributed by atoms with Crippen LogP contribution in [-0.4, -0.2) is 12.3 Å². The summed E-state index contributed by atoms with van der Waals surface area (Å²) < 4.78 is 0.849. The van der Waals surface area contributed by atoms with Crippen LogP contribution in [-0.2, 0) is 0 Å². The SMILES string of the molecule is NCC(C(=O)c1cscc1Br)c1ccccc1. The van der Waals surface area contributed by atoms with E-state index in [1.54, 1.807) is 0 Å². The molecule has 0 spiro atoms. The summed E-state index contributed by atoms with van der Waals surface area (Å²) >= 11 is 4.89. The van der Waals surface area contributed by atoms with Crippen LogP contribution in [0.2, 0.25) is 0 Å². The van der Waals surface area contributed by atoms with Crippen LogP contribution in [0.25, 0.3) is 0 Å². The normalized spacial score (nSPS) is 12.4. The lowest BCUT2D eigenvalue weighted by molar-refractivity contribution is 0.0962. The van der Waals surface area contributed by atoms with E-state index in [0.717, 1.165) is 10.0 Å². The number of ketones is 1. The summed E-state index contributed by atoms with van der Waals surface area (Å²) in [7, 11) is 0. The van der Waals surface area contributed by atoms with Crippen molar-refractivity contribution in [3.63, 3.8) is 0 Å². The predicted molar refractivity (Wildman–Crippen MR) is 74.6 cm³/mol. The summed E-state index contributed by atoms with van der Waals surface area (Å²) in [6.07, 6.45) is 0. The largest absolute Gasteiger partial charge is 0.329 e. The van der Waals surface area contributed by atoms with E-state index in [1.165, 1.54) is 11.3 Å². The highest BCUT2D eigenvalue weighted by Crippen LogP contribution is 2.27. The second kappa shape index (κ2) is 5.58. The van der Waals surface area contributed by atoms with E-state index in [4.69, 9.17) is 5.73 Å². The van der Waals surface area contributed by atoms with Crippen LogP contribution in [0, 0.1) is 0 Å². The van der Waals surface area contributed by atoms with Crippen molar-refractivity contribution in [2.24, 2.45) is 5.73 Å². The number of nitrogens with two attached hydrogens (primary N) is 1. The maximum Gasteiger partial charge on any atom is 0.173 e. The Balaban J connectivity index is 2.32.